The molecule has 1 aliphatic heterocycles. The molecule has 0 spiro atoms. The van der Waals surface area contributed by atoms with Crippen molar-refractivity contribution in [2.75, 3.05) is 13.1 Å². The van der Waals surface area contributed by atoms with E-state index in [2.05, 4.69) is 35.7 Å². The van der Waals surface area contributed by atoms with Crippen LogP contribution in [-0.2, 0) is 11.3 Å². The van der Waals surface area contributed by atoms with E-state index < -0.39 is 0 Å². The van der Waals surface area contributed by atoms with Crippen LogP contribution in [0, 0.1) is 0 Å². The Kier molecular flexibility index (Phi) is 4.53. The number of hydrogen-bond donors (Lipinski definition) is 0. The molecule has 25 heavy (non-hydrogen) atoms. The van der Waals surface area contributed by atoms with Crippen LogP contribution in [-0.4, -0.2) is 24.1 Å². The van der Waals surface area contributed by atoms with Gasteiger partial charge in [-0.3, -0.25) is 0 Å². The van der Waals surface area contributed by atoms with Gasteiger partial charge in [-0.15, -0.1) is 11.3 Å². The largest absolute Gasteiger partial charge is 0.445 e. The van der Waals surface area contributed by atoms with Crippen molar-refractivity contribution in [2.24, 2.45) is 0 Å². The van der Waals surface area contributed by atoms with Crippen LogP contribution in [0.4, 0.5) is 4.79 Å². The molecule has 1 aliphatic rings. The van der Waals surface area contributed by atoms with E-state index in [9.17, 15) is 4.79 Å². The van der Waals surface area contributed by atoms with Gasteiger partial charge in [-0.25, -0.2) is 4.79 Å². The van der Waals surface area contributed by atoms with Gasteiger partial charge in [-0.1, -0.05) is 54.6 Å². The Morgan fingerprint density at radius 2 is 1.96 bits per heavy atom. The van der Waals surface area contributed by atoms with E-state index in [1.165, 1.54) is 21.2 Å². The normalized spacial score (nSPS) is 14.4. The fourth-order valence-electron chi connectivity index (χ4n) is 3.14. The Labute approximate surface area is 151 Å². The van der Waals surface area contributed by atoms with Gasteiger partial charge in [-0.2, -0.15) is 0 Å². The first-order chi connectivity index (χ1) is 12.3. The number of carbonyl (C=O) groups excluding carboxylic acids is 1. The molecule has 0 radical (unpaired) electrons. The maximum Gasteiger partial charge on any atom is 0.410 e. The molecule has 1 amide bonds. The van der Waals surface area contributed by atoms with Gasteiger partial charge in [0.05, 0.1) is 0 Å². The monoisotopic (exact) mass is 349 g/mol. The van der Waals surface area contributed by atoms with Crippen molar-refractivity contribution in [3.63, 3.8) is 0 Å². The summed E-state index contributed by atoms with van der Waals surface area (Å²) in [6.07, 6.45) is 2.77. The summed E-state index contributed by atoms with van der Waals surface area (Å²) in [4.78, 5) is 14.0. The van der Waals surface area contributed by atoms with Crippen LogP contribution in [0.2, 0.25) is 0 Å². The molecule has 2 heterocycles. The number of hydrogen-bond acceptors (Lipinski definition) is 3. The topological polar surface area (TPSA) is 29.5 Å². The molecule has 0 atom stereocenters. The minimum absolute atomic E-state index is 0.242. The molecule has 3 aromatic rings. The second kappa shape index (κ2) is 7.11. The van der Waals surface area contributed by atoms with Crippen LogP contribution in [0.15, 0.2) is 66.1 Å². The average molecular weight is 349 g/mol. The van der Waals surface area contributed by atoms with Crippen molar-refractivity contribution in [2.45, 2.75) is 13.0 Å². The first-order valence-electron chi connectivity index (χ1n) is 8.42. The number of amides is 1. The van der Waals surface area contributed by atoms with Crippen molar-refractivity contribution in [3.05, 3.63) is 77.2 Å². The number of nitrogens with zero attached hydrogens (tertiary/aromatic N) is 1. The highest BCUT2D eigenvalue weighted by Crippen LogP contribution is 2.32. The molecule has 0 N–H and O–H groups in total. The van der Waals surface area contributed by atoms with Gasteiger partial charge in [0.2, 0.25) is 0 Å². The van der Waals surface area contributed by atoms with Gasteiger partial charge < -0.3 is 9.64 Å². The van der Waals surface area contributed by atoms with Crippen molar-refractivity contribution >= 4 is 33.1 Å². The Hall–Kier alpha value is -2.59. The van der Waals surface area contributed by atoms with Crippen molar-refractivity contribution < 1.29 is 9.53 Å². The fraction of sp³-hybridized carbons (Fsp3) is 0.190. The second-order valence-electron chi connectivity index (χ2n) is 6.11. The molecule has 0 aliphatic carbocycles. The maximum absolute atomic E-state index is 12.3. The molecule has 4 heteroatoms. The first-order valence-corrected chi connectivity index (χ1v) is 9.30. The Bertz CT molecular complexity index is 914. The summed E-state index contributed by atoms with van der Waals surface area (Å²) in [7, 11) is 0. The molecule has 1 aromatic heterocycles. The maximum atomic E-state index is 12.3. The fourth-order valence-corrected chi connectivity index (χ4v) is 4.09. The number of ether oxygens (including phenoxy) is 1. The second-order valence-corrected chi connectivity index (χ2v) is 7.03. The van der Waals surface area contributed by atoms with Gasteiger partial charge in [0, 0.05) is 17.8 Å². The van der Waals surface area contributed by atoms with Crippen LogP contribution in [0.1, 0.15) is 17.5 Å². The summed E-state index contributed by atoms with van der Waals surface area (Å²) in [5.74, 6) is 0. The number of carbonyl (C=O) groups is 1. The van der Waals surface area contributed by atoms with Crippen LogP contribution in [0.25, 0.3) is 15.7 Å². The van der Waals surface area contributed by atoms with Gasteiger partial charge >= 0.3 is 6.09 Å². The molecule has 0 fully saturated rings. The summed E-state index contributed by atoms with van der Waals surface area (Å²) < 4.78 is 6.75. The lowest BCUT2D eigenvalue weighted by molar-refractivity contribution is 0.0998. The van der Waals surface area contributed by atoms with Crippen molar-refractivity contribution in [1.82, 2.24) is 4.90 Å². The molecule has 0 saturated heterocycles. The average Bonchev–Trinajstić information content (AvgIpc) is 3.16. The van der Waals surface area contributed by atoms with E-state index in [0.29, 0.717) is 19.7 Å². The van der Waals surface area contributed by atoms with Crippen LogP contribution in [0.3, 0.4) is 0 Å². The van der Waals surface area contributed by atoms with Crippen LogP contribution in [0.5, 0.6) is 0 Å². The van der Waals surface area contributed by atoms with E-state index >= 15 is 0 Å². The molecule has 0 bridgehead atoms. The first kappa shape index (κ1) is 15.9. The zero-order valence-corrected chi connectivity index (χ0v) is 14.7. The lowest BCUT2D eigenvalue weighted by atomic mass is 9.98. The van der Waals surface area contributed by atoms with Gasteiger partial charge in [0.25, 0.3) is 0 Å². The molecule has 4 rings (SSSR count). The van der Waals surface area contributed by atoms with Gasteiger partial charge in [0.1, 0.15) is 6.61 Å². The number of thiophene rings is 1. The van der Waals surface area contributed by atoms with Crippen molar-refractivity contribution in [1.29, 1.82) is 0 Å². The summed E-state index contributed by atoms with van der Waals surface area (Å²) in [5, 5.41) is 3.42. The minimum atomic E-state index is -0.242. The minimum Gasteiger partial charge on any atom is -0.445 e. The zero-order chi connectivity index (χ0) is 17.1. The Morgan fingerprint density at radius 1 is 1.08 bits per heavy atom. The van der Waals surface area contributed by atoms with Crippen LogP contribution < -0.4 is 0 Å². The van der Waals surface area contributed by atoms with E-state index in [1.54, 1.807) is 16.2 Å². The van der Waals surface area contributed by atoms with Crippen LogP contribution >= 0.6 is 11.3 Å². The molecular weight excluding hydrogens is 330 g/mol. The third kappa shape index (κ3) is 3.44. The third-order valence-electron chi connectivity index (χ3n) is 4.50. The van der Waals surface area contributed by atoms with E-state index in [0.717, 1.165) is 12.0 Å². The standard InChI is InChI=1S/C21H19NO2S/c23-21(24-15-16-5-2-1-3-6-16)22-12-9-17(10-13-22)19-8-4-7-18-11-14-25-20(18)19/h1-9,11,14H,10,12-13,15H2. The Morgan fingerprint density at radius 3 is 2.76 bits per heavy atom. The molecule has 126 valence electrons. The lowest BCUT2D eigenvalue weighted by Gasteiger charge is -2.26. The molecular formula is C21H19NO2S. The predicted molar refractivity (Wildman–Crippen MR) is 103 cm³/mol. The van der Waals surface area contributed by atoms with E-state index in [4.69, 9.17) is 4.74 Å². The van der Waals surface area contributed by atoms with Gasteiger partial charge in [0.15, 0.2) is 0 Å². The molecule has 0 unspecified atom stereocenters. The SMILES string of the molecule is O=C(OCc1ccccc1)N1CC=C(c2cccc3ccsc23)CC1. The molecule has 0 saturated carbocycles. The van der Waals surface area contributed by atoms with Crippen molar-refractivity contribution in [3.8, 4) is 0 Å². The summed E-state index contributed by atoms with van der Waals surface area (Å²) in [5.41, 5.74) is 3.62. The summed E-state index contributed by atoms with van der Waals surface area (Å²) in [6.45, 7) is 1.62. The highest BCUT2D eigenvalue weighted by atomic mass is 32.1. The molecule has 3 nitrogen and oxygen atoms in total. The summed E-state index contributed by atoms with van der Waals surface area (Å²) >= 11 is 1.77. The lowest BCUT2D eigenvalue weighted by Crippen LogP contribution is -2.35. The Balaban J connectivity index is 1.41. The van der Waals surface area contributed by atoms with E-state index in [1.807, 2.05) is 30.3 Å². The highest BCUT2D eigenvalue weighted by Gasteiger charge is 2.20. The quantitative estimate of drug-likeness (QED) is 0.640. The van der Waals surface area contributed by atoms with E-state index in [-0.39, 0.29) is 6.09 Å². The summed E-state index contributed by atoms with van der Waals surface area (Å²) in [6, 6.07) is 18.4. The highest BCUT2D eigenvalue weighted by molar-refractivity contribution is 7.17. The number of rotatable bonds is 3. The molecule has 2 aromatic carbocycles. The number of benzene rings is 2. The van der Waals surface area contributed by atoms with Gasteiger partial charge in [-0.05, 0) is 40.0 Å². The zero-order valence-electron chi connectivity index (χ0n) is 13.9. The predicted octanol–water partition coefficient (Wildman–Crippen LogP) is 5.33. The third-order valence-corrected chi connectivity index (χ3v) is 5.46. The number of fused-ring (bicyclic) bond motifs is 1. The smallest absolute Gasteiger partial charge is 0.410 e.